The number of nitrogens with zero attached hydrogens (tertiary/aromatic N) is 1. The molecule has 14 heavy (non-hydrogen) atoms. The second-order valence-electron chi connectivity index (χ2n) is 3.71. The van der Waals surface area contributed by atoms with Crippen molar-refractivity contribution in [3.63, 3.8) is 0 Å². The highest BCUT2D eigenvalue weighted by Gasteiger charge is 2.41. The zero-order chi connectivity index (χ0) is 10.9. The number of cyclic esters (lactones) is 1. The summed E-state index contributed by atoms with van der Waals surface area (Å²) in [6, 6.07) is -0.340. The molecule has 1 heterocycles. The number of carbonyl (C=O) groups excluding carboxylic acids is 2. The largest absolute Gasteiger partial charge is 0.447 e. The Kier molecular flexibility index (Phi) is 3.08. The Labute approximate surface area is 82.0 Å². The van der Waals surface area contributed by atoms with E-state index in [-0.39, 0.29) is 18.6 Å². The van der Waals surface area contributed by atoms with E-state index in [1.54, 1.807) is 0 Å². The maximum absolute atomic E-state index is 12.8. The Hall–Kier alpha value is -1.13. The van der Waals surface area contributed by atoms with Crippen LogP contribution in [0.15, 0.2) is 0 Å². The van der Waals surface area contributed by atoms with Crippen molar-refractivity contribution in [2.45, 2.75) is 33.0 Å². The second kappa shape index (κ2) is 3.94. The van der Waals surface area contributed by atoms with Gasteiger partial charge in [-0.1, -0.05) is 13.8 Å². The summed E-state index contributed by atoms with van der Waals surface area (Å²) in [5, 5.41) is 0. The fraction of sp³-hybridized carbons (Fsp3) is 0.778. The molecule has 0 unspecified atom stereocenters. The van der Waals surface area contributed by atoms with Crippen LogP contribution in [0.4, 0.5) is 9.18 Å². The van der Waals surface area contributed by atoms with Crippen LogP contribution < -0.4 is 0 Å². The van der Waals surface area contributed by atoms with Crippen molar-refractivity contribution in [2.24, 2.45) is 5.92 Å². The molecule has 0 aromatic carbocycles. The average Bonchev–Trinajstić information content (AvgIpc) is 2.45. The van der Waals surface area contributed by atoms with Crippen molar-refractivity contribution in [1.29, 1.82) is 0 Å². The molecule has 5 heteroatoms. The Morgan fingerprint density at radius 1 is 1.57 bits per heavy atom. The summed E-state index contributed by atoms with van der Waals surface area (Å²) in [4.78, 5) is 23.4. The van der Waals surface area contributed by atoms with E-state index in [9.17, 15) is 14.0 Å². The van der Waals surface area contributed by atoms with E-state index in [1.165, 1.54) is 0 Å². The maximum atomic E-state index is 12.8. The van der Waals surface area contributed by atoms with E-state index in [0.29, 0.717) is 0 Å². The molecule has 80 valence electrons. The second-order valence-corrected chi connectivity index (χ2v) is 3.71. The Bertz CT molecular complexity index is 252. The molecule has 1 aliphatic rings. The predicted octanol–water partition coefficient (Wildman–Crippen LogP) is 1.35. The molecule has 1 rings (SSSR count). The topological polar surface area (TPSA) is 46.6 Å². The lowest BCUT2D eigenvalue weighted by Gasteiger charge is -2.22. The summed E-state index contributed by atoms with van der Waals surface area (Å²) >= 11 is 0. The Morgan fingerprint density at radius 2 is 2.14 bits per heavy atom. The number of halogens is 1. The third kappa shape index (κ3) is 1.86. The molecule has 1 saturated heterocycles. The van der Waals surface area contributed by atoms with E-state index in [4.69, 9.17) is 4.74 Å². The lowest BCUT2D eigenvalue weighted by Crippen LogP contribution is -2.44. The number of ether oxygens (including phenoxy) is 1. The molecule has 1 aliphatic heterocycles. The molecular formula is C9H14FNO3. The molecule has 0 saturated carbocycles. The maximum Gasteiger partial charge on any atom is 0.417 e. The first kappa shape index (κ1) is 10.9. The van der Waals surface area contributed by atoms with Gasteiger partial charge in [0.25, 0.3) is 5.91 Å². The van der Waals surface area contributed by atoms with Gasteiger partial charge in [0.1, 0.15) is 6.61 Å². The minimum Gasteiger partial charge on any atom is -0.447 e. The SMILES string of the molecule is CC(C)[C@H]1COC(=O)N1C(=O)[C@@H](C)F. The number of amides is 2. The Balaban J connectivity index is 2.82. The molecule has 0 aromatic heterocycles. The van der Waals surface area contributed by atoms with E-state index < -0.39 is 18.2 Å². The smallest absolute Gasteiger partial charge is 0.417 e. The molecular weight excluding hydrogens is 189 g/mol. The zero-order valence-electron chi connectivity index (χ0n) is 8.49. The van der Waals surface area contributed by atoms with Gasteiger partial charge >= 0.3 is 6.09 Å². The molecule has 0 aliphatic carbocycles. The molecule has 0 radical (unpaired) electrons. The van der Waals surface area contributed by atoms with E-state index in [1.807, 2.05) is 13.8 Å². The predicted molar refractivity (Wildman–Crippen MR) is 47.4 cm³/mol. The van der Waals surface area contributed by atoms with Crippen LogP contribution in [0.1, 0.15) is 20.8 Å². The minimum absolute atomic E-state index is 0.0733. The van der Waals surface area contributed by atoms with Crippen molar-refractivity contribution in [3.8, 4) is 0 Å². The summed E-state index contributed by atoms with van der Waals surface area (Å²) in [6.07, 6.45) is -2.40. The van der Waals surface area contributed by atoms with Crippen LogP contribution in [-0.4, -0.2) is 35.7 Å². The van der Waals surface area contributed by atoms with Crippen LogP contribution in [-0.2, 0) is 9.53 Å². The van der Waals surface area contributed by atoms with Gasteiger partial charge in [0, 0.05) is 0 Å². The lowest BCUT2D eigenvalue weighted by molar-refractivity contribution is -0.134. The third-order valence-corrected chi connectivity index (χ3v) is 2.25. The van der Waals surface area contributed by atoms with Crippen LogP contribution in [0, 0.1) is 5.92 Å². The number of hydrogen-bond donors (Lipinski definition) is 0. The van der Waals surface area contributed by atoms with Gasteiger partial charge in [-0.2, -0.15) is 0 Å². The highest BCUT2D eigenvalue weighted by Crippen LogP contribution is 2.20. The van der Waals surface area contributed by atoms with E-state index in [0.717, 1.165) is 11.8 Å². The van der Waals surface area contributed by atoms with Crippen LogP contribution >= 0.6 is 0 Å². The number of carbonyl (C=O) groups is 2. The standard InChI is InChI=1S/C9H14FNO3/c1-5(2)7-4-14-9(13)11(7)8(12)6(3)10/h5-7H,4H2,1-3H3/t6-,7-/m1/s1. The molecule has 2 atom stereocenters. The van der Waals surface area contributed by atoms with Crippen molar-refractivity contribution in [2.75, 3.05) is 6.61 Å². The van der Waals surface area contributed by atoms with Crippen molar-refractivity contribution >= 4 is 12.0 Å². The number of imide groups is 1. The van der Waals surface area contributed by atoms with E-state index >= 15 is 0 Å². The Morgan fingerprint density at radius 3 is 2.57 bits per heavy atom. The summed E-state index contributed by atoms with van der Waals surface area (Å²) in [5.74, 6) is -0.740. The molecule has 0 bridgehead atoms. The molecule has 4 nitrogen and oxygen atoms in total. The summed E-state index contributed by atoms with van der Waals surface area (Å²) in [6.45, 7) is 4.99. The van der Waals surface area contributed by atoms with Gasteiger partial charge in [-0.3, -0.25) is 4.79 Å². The fourth-order valence-corrected chi connectivity index (χ4v) is 1.37. The van der Waals surface area contributed by atoms with Gasteiger partial charge in [0.2, 0.25) is 0 Å². The van der Waals surface area contributed by atoms with Crippen LogP contribution in [0.5, 0.6) is 0 Å². The molecule has 0 aromatic rings. The summed E-state index contributed by atoms with van der Waals surface area (Å²) in [7, 11) is 0. The molecule has 1 fully saturated rings. The summed E-state index contributed by atoms with van der Waals surface area (Å²) in [5.41, 5.74) is 0. The van der Waals surface area contributed by atoms with E-state index in [2.05, 4.69) is 0 Å². The quantitative estimate of drug-likeness (QED) is 0.680. The van der Waals surface area contributed by atoms with Gasteiger partial charge in [-0.15, -0.1) is 0 Å². The lowest BCUT2D eigenvalue weighted by atomic mass is 10.0. The first-order chi connectivity index (χ1) is 6.45. The highest BCUT2D eigenvalue weighted by atomic mass is 19.1. The van der Waals surface area contributed by atoms with Crippen LogP contribution in [0.3, 0.4) is 0 Å². The van der Waals surface area contributed by atoms with Gasteiger partial charge in [0.15, 0.2) is 6.17 Å². The normalized spacial score (nSPS) is 23.9. The molecule has 2 amide bonds. The average molecular weight is 203 g/mol. The van der Waals surface area contributed by atoms with Crippen LogP contribution in [0.2, 0.25) is 0 Å². The van der Waals surface area contributed by atoms with Crippen molar-refractivity contribution in [3.05, 3.63) is 0 Å². The first-order valence-electron chi connectivity index (χ1n) is 4.59. The van der Waals surface area contributed by atoms with Gasteiger partial charge in [-0.25, -0.2) is 14.1 Å². The monoisotopic (exact) mass is 203 g/mol. The highest BCUT2D eigenvalue weighted by molar-refractivity contribution is 5.95. The van der Waals surface area contributed by atoms with Crippen molar-refractivity contribution < 1.29 is 18.7 Å². The zero-order valence-corrected chi connectivity index (χ0v) is 8.49. The number of rotatable bonds is 2. The third-order valence-electron chi connectivity index (χ3n) is 2.25. The summed E-state index contributed by atoms with van der Waals surface area (Å²) < 4.78 is 17.5. The fourth-order valence-electron chi connectivity index (χ4n) is 1.37. The van der Waals surface area contributed by atoms with Gasteiger partial charge < -0.3 is 4.74 Å². The first-order valence-corrected chi connectivity index (χ1v) is 4.59. The van der Waals surface area contributed by atoms with Crippen molar-refractivity contribution in [1.82, 2.24) is 4.90 Å². The van der Waals surface area contributed by atoms with Crippen LogP contribution in [0.25, 0.3) is 0 Å². The molecule has 0 N–H and O–H groups in total. The molecule has 0 spiro atoms. The minimum atomic E-state index is -1.66. The number of hydrogen-bond acceptors (Lipinski definition) is 3. The number of alkyl halides is 1. The van der Waals surface area contributed by atoms with Gasteiger partial charge in [-0.05, 0) is 12.8 Å². The van der Waals surface area contributed by atoms with Gasteiger partial charge in [0.05, 0.1) is 6.04 Å².